The largest absolute Gasteiger partial charge is 0.326 e. The molecule has 3 aromatic rings. The number of hydrogen-bond acceptors (Lipinski definition) is 2. The van der Waals surface area contributed by atoms with Crippen molar-refractivity contribution in [2.45, 2.75) is 20.4 Å². The van der Waals surface area contributed by atoms with E-state index in [0.717, 1.165) is 33.8 Å². The number of nitrogens with two attached hydrogens (primary N) is 1. The highest BCUT2D eigenvalue weighted by Crippen LogP contribution is 2.29. The fourth-order valence-electron chi connectivity index (χ4n) is 2.73. The first-order chi connectivity index (χ1) is 10.6. The zero-order valence-corrected chi connectivity index (χ0v) is 12.7. The van der Waals surface area contributed by atoms with Crippen LogP contribution in [0, 0.1) is 19.7 Å². The van der Waals surface area contributed by atoms with E-state index in [4.69, 9.17) is 5.73 Å². The van der Waals surface area contributed by atoms with E-state index in [9.17, 15) is 4.39 Å². The second-order valence-corrected chi connectivity index (χ2v) is 5.34. The van der Waals surface area contributed by atoms with Gasteiger partial charge in [0.1, 0.15) is 5.82 Å². The van der Waals surface area contributed by atoms with Crippen molar-refractivity contribution in [3.05, 3.63) is 71.3 Å². The van der Waals surface area contributed by atoms with Crippen LogP contribution in [0.1, 0.15) is 17.0 Å². The van der Waals surface area contributed by atoms with Gasteiger partial charge in [0, 0.05) is 17.8 Å². The van der Waals surface area contributed by atoms with E-state index < -0.39 is 0 Å². The van der Waals surface area contributed by atoms with Gasteiger partial charge in [0.2, 0.25) is 0 Å². The summed E-state index contributed by atoms with van der Waals surface area (Å²) in [7, 11) is 0. The maximum atomic E-state index is 13.5. The van der Waals surface area contributed by atoms with Crippen molar-refractivity contribution in [3.8, 4) is 16.8 Å². The molecule has 1 aromatic heterocycles. The summed E-state index contributed by atoms with van der Waals surface area (Å²) < 4.78 is 15.4. The third kappa shape index (κ3) is 2.53. The SMILES string of the molecule is Cc1nn(-c2ccc(CN)cc2)c(C)c1-c1cccc(F)c1. The van der Waals surface area contributed by atoms with Crippen LogP contribution < -0.4 is 5.73 Å². The molecule has 3 rings (SSSR count). The Labute approximate surface area is 129 Å². The fraction of sp³-hybridized carbons (Fsp3) is 0.167. The average molecular weight is 295 g/mol. The maximum Gasteiger partial charge on any atom is 0.123 e. The van der Waals surface area contributed by atoms with Crippen LogP contribution in [0.2, 0.25) is 0 Å². The highest BCUT2D eigenvalue weighted by atomic mass is 19.1. The molecule has 0 saturated carbocycles. The van der Waals surface area contributed by atoms with Crippen molar-refractivity contribution in [3.63, 3.8) is 0 Å². The van der Waals surface area contributed by atoms with Crippen LogP contribution in [0.15, 0.2) is 48.5 Å². The smallest absolute Gasteiger partial charge is 0.123 e. The molecule has 0 unspecified atom stereocenters. The topological polar surface area (TPSA) is 43.8 Å². The Balaban J connectivity index is 2.10. The Morgan fingerprint density at radius 3 is 2.45 bits per heavy atom. The van der Waals surface area contributed by atoms with Crippen LogP contribution in [0.25, 0.3) is 16.8 Å². The third-order valence-electron chi connectivity index (χ3n) is 3.82. The van der Waals surface area contributed by atoms with Crippen LogP contribution in [-0.2, 0) is 6.54 Å². The lowest BCUT2D eigenvalue weighted by Gasteiger charge is -2.07. The monoisotopic (exact) mass is 295 g/mol. The van der Waals surface area contributed by atoms with Gasteiger partial charge >= 0.3 is 0 Å². The van der Waals surface area contributed by atoms with Crippen molar-refractivity contribution in [2.75, 3.05) is 0 Å². The summed E-state index contributed by atoms with van der Waals surface area (Å²) >= 11 is 0. The second-order valence-electron chi connectivity index (χ2n) is 5.34. The van der Waals surface area contributed by atoms with E-state index in [1.807, 2.05) is 48.9 Å². The molecule has 1 heterocycles. The molecule has 0 spiro atoms. The Bertz CT molecular complexity index is 804. The first-order valence-electron chi connectivity index (χ1n) is 7.21. The molecule has 4 heteroatoms. The third-order valence-corrected chi connectivity index (χ3v) is 3.82. The minimum absolute atomic E-state index is 0.239. The van der Waals surface area contributed by atoms with Gasteiger partial charge in [0.15, 0.2) is 0 Å². The van der Waals surface area contributed by atoms with Crippen LogP contribution in [0.4, 0.5) is 4.39 Å². The normalized spacial score (nSPS) is 10.9. The average Bonchev–Trinajstić information content (AvgIpc) is 2.82. The van der Waals surface area contributed by atoms with Gasteiger partial charge in [0.05, 0.1) is 11.4 Å². The lowest BCUT2D eigenvalue weighted by molar-refractivity contribution is 0.628. The van der Waals surface area contributed by atoms with Gasteiger partial charge in [-0.15, -0.1) is 0 Å². The van der Waals surface area contributed by atoms with Crippen molar-refractivity contribution in [1.29, 1.82) is 0 Å². The van der Waals surface area contributed by atoms with Crippen LogP contribution in [0.5, 0.6) is 0 Å². The van der Waals surface area contributed by atoms with Crippen LogP contribution in [0.3, 0.4) is 0 Å². The van der Waals surface area contributed by atoms with Crippen molar-refractivity contribution >= 4 is 0 Å². The van der Waals surface area contributed by atoms with Crippen LogP contribution >= 0.6 is 0 Å². The molecular weight excluding hydrogens is 277 g/mol. The molecule has 0 bridgehead atoms. The summed E-state index contributed by atoms with van der Waals surface area (Å²) in [6.07, 6.45) is 0. The van der Waals surface area contributed by atoms with Gasteiger partial charge in [-0.05, 0) is 49.2 Å². The second kappa shape index (κ2) is 5.73. The molecule has 112 valence electrons. The van der Waals surface area contributed by atoms with E-state index in [0.29, 0.717) is 6.54 Å². The van der Waals surface area contributed by atoms with E-state index in [-0.39, 0.29) is 5.82 Å². The summed E-state index contributed by atoms with van der Waals surface area (Å²) in [5.74, 6) is -0.239. The molecule has 2 N–H and O–H groups in total. The molecule has 0 aliphatic heterocycles. The molecule has 22 heavy (non-hydrogen) atoms. The number of aryl methyl sites for hydroxylation is 1. The molecule has 0 aliphatic carbocycles. The zero-order valence-electron chi connectivity index (χ0n) is 12.7. The molecule has 0 radical (unpaired) electrons. The molecule has 0 fully saturated rings. The minimum atomic E-state index is -0.239. The molecule has 0 aliphatic rings. The van der Waals surface area contributed by atoms with Crippen LogP contribution in [-0.4, -0.2) is 9.78 Å². The number of hydrogen-bond donors (Lipinski definition) is 1. The van der Waals surface area contributed by atoms with Crippen molar-refractivity contribution in [1.82, 2.24) is 9.78 Å². The van der Waals surface area contributed by atoms with Gasteiger partial charge in [-0.3, -0.25) is 0 Å². The lowest BCUT2D eigenvalue weighted by Crippen LogP contribution is -2.01. The summed E-state index contributed by atoms with van der Waals surface area (Å²) in [5.41, 5.74) is 11.4. The summed E-state index contributed by atoms with van der Waals surface area (Å²) in [6.45, 7) is 4.46. The molecule has 0 saturated heterocycles. The Morgan fingerprint density at radius 2 is 1.82 bits per heavy atom. The Kier molecular flexibility index (Phi) is 3.77. The standard InChI is InChI=1S/C18H18FN3/c1-12-18(15-4-3-5-16(19)10-15)13(2)22(21-12)17-8-6-14(11-20)7-9-17/h3-10H,11,20H2,1-2H3. The van der Waals surface area contributed by atoms with E-state index in [2.05, 4.69) is 5.10 Å². The van der Waals surface area contributed by atoms with E-state index in [1.165, 1.54) is 6.07 Å². The number of rotatable bonds is 3. The molecule has 3 nitrogen and oxygen atoms in total. The first kappa shape index (κ1) is 14.5. The maximum absolute atomic E-state index is 13.5. The number of nitrogens with zero attached hydrogens (tertiary/aromatic N) is 2. The zero-order chi connectivity index (χ0) is 15.7. The highest BCUT2D eigenvalue weighted by molar-refractivity contribution is 5.69. The molecule has 0 amide bonds. The molecule has 2 aromatic carbocycles. The fourth-order valence-corrected chi connectivity index (χ4v) is 2.73. The predicted octanol–water partition coefficient (Wildman–Crippen LogP) is 3.75. The summed E-state index contributed by atoms with van der Waals surface area (Å²) in [5, 5.41) is 4.60. The number of benzene rings is 2. The first-order valence-corrected chi connectivity index (χ1v) is 7.21. The predicted molar refractivity (Wildman–Crippen MR) is 86.3 cm³/mol. The van der Waals surface area contributed by atoms with Crippen molar-refractivity contribution in [2.24, 2.45) is 5.73 Å². The van der Waals surface area contributed by atoms with E-state index in [1.54, 1.807) is 12.1 Å². The van der Waals surface area contributed by atoms with Gasteiger partial charge in [-0.2, -0.15) is 5.10 Å². The number of halogens is 1. The lowest BCUT2D eigenvalue weighted by atomic mass is 10.0. The summed E-state index contributed by atoms with van der Waals surface area (Å²) in [6, 6.07) is 14.6. The van der Waals surface area contributed by atoms with Gasteiger partial charge < -0.3 is 5.73 Å². The number of aromatic nitrogens is 2. The van der Waals surface area contributed by atoms with Gasteiger partial charge in [-0.1, -0.05) is 24.3 Å². The van der Waals surface area contributed by atoms with E-state index >= 15 is 0 Å². The van der Waals surface area contributed by atoms with Gasteiger partial charge in [0.25, 0.3) is 0 Å². The Morgan fingerprint density at radius 1 is 1.09 bits per heavy atom. The van der Waals surface area contributed by atoms with Gasteiger partial charge in [-0.25, -0.2) is 9.07 Å². The molecular formula is C18H18FN3. The Hall–Kier alpha value is -2.46. The minimum Gasteiger partial charge on any atom is -0.326 e. The highest BCUT2D eigenvalue weighted by Gasteiger charge is 2.14. The van der Waals surface area contributed by atoms with Crippen molar-refractivity contribution < 1.29 is 4.39 Å². The quantitative estimate of drug-likeness (QED) is 0.799. The summed E-state index contributed by atoms with van der Waals surface area (Å²) in [4.78, 5) is 0. The molecule has 0 atom stereocenters.